The third-order valence-electron chi connectivity index (χ3n) is 2.06. The molecule has 1 aliphatic rings. The van der Waals surface area contributed by atoms with E-state index in [4.69, 9.17) is 14.6 Å². The van der Waals surface area contributed by atoms with Gasteiger partial charge in [-0.05, 0) is 18.9 Å². The third kappa shape index (κ3) is 2.18. The number of carboxylic acid groups (broad SMARTS) is 1. The van der Waals surface area contributed by atoms with Crippen LogP contribution in [0.15, 0.2) is 12.1 Å². The summed E-state index contributed by atoms with van der Waals surface area (Å²) >= 11 is 0. The maximum Gasteiger partial charge on any atom is 0.358 e. The van der Waals surface area contributed by atoms with Gasteiger partial charge in [-0.3, -0.25) is 0 Å². The molecule has 80 valence electrons. The van der Waals surface area contributed by atoms with Gasteiger partial charge >= 0.3 is 5.97 Å². The van der Waals surface area contributed by atoms with Crippen LogP contribution < -0.4 is 9.47 Å². The fraction of sp³-hybridized carbons (Fsp3) is 0.400. The molecule has 1 aromatic rings. The molecule has 0 amide bonds. The SMILES string of the molecule is COc1ccc(OC2CC2)c(C(=O)O)n1. The average molecular weight is 209 g/mol. The first-order valence-corrected chi connectivity index (χ1v) is 4.65. The minimum atomic E-state index is -1.11. The molecule has 1 aromatic heterocycles. The number of aromatic nitrogens is 1. The van der Waals surface area contributed by atoms with E-state index in [1.807, 2.05) is 0 Å². The molecule has 1 N–H and O–H groups in total. The van der Waals surface area contributed by atoms with Crippen molar-refractivity contribution in [2.24, 2.45) is 0 Å². The molecule has 1 aliphatic carbocycles. The van der Waals surface area contributed by atoms with Crippen LogP contribution in [0.4, 0.5) is 0 Å². The van der Waals surface area contributed by atoms with Gasteiger partial charge in [0.15, 0.2) is 11.4 Å². The molecule has 0 aromatic carbocycles. The van der Waals surface area contributed by atoms with Crippen LogP contribution in [0.1, 0.15) is 23.3 Å². The van der Waals surface area contributed by atoms with Crippen molar-refractivity contribution in [3.63, 3.8) is 0 Å². The highest BCUT2D eigenvalue weighted by atomic mass is 16.5. The molecule has 5 nitrogen and oxygen atoms in total. The van der Waals surface area contributed by atoms with Crippen molar-refractivity contribution in [2.45, 2.75) is 18.9 Å². The Kier molecular flexibility index (Phi) is 2.45. The maximum atomic E-state index is 10.9. The molecule has 0 radical (unpaired) electrons. The Morgan fingerprint density at radius 3 is 2.80 bits per heavy atom. The maximum absolute atomic E-state index is 10.9. The van der Waals surface area contributed by atoms with Crippen molar-refractivity contribution in [1.29, 1.82) is 0 Å². The standard InChI is InChI=1S/C10H11NO4/c1-14-8-5-4-7(15-6-2-3-6)9(11-8)10(12)13/h4-6H,2-3H2,1H3,(H,12,13). The lowest BCUT2D eigenvalue weighted by atomic mass is 10.3. The monoisotopic (exact) mass is 209 g/mol. The summed E-state index contributed by atoms with van der Waals surface area (Å²) in [6.45, 7) is 0. The molecule has 0 saturated heterocycles. The molecule has 0 unspecified atom stereocenters. The second-order valence-electron chi connectivity index (χ2n) is 3.32. The molecule has 5 heteroatoms. The molecular weight excluding hydrogens is 198 g/mol. The Morgan fingerprint density at radius 1 is 1.53 bits per heavy atom. The van der Waals surface area contributed by atoms with E-state index in [2.05, 4.69) is 4.98 Å². The van der Waals surface area contributed by atoms with Crippen molar-refractivity contribution in [1.82, 2.24) is 4.98 Å². The summed E-state index contributed by atoms with van der Waals surface area (Å²) in [6, 6.07) is 3.16. The Morgan fingerprint density at radius 2 is 2.27 bits per heavy atom. The molecule has 2 rings (SSSR count). The zero-order chi connectivity index (χ0) is 10.8. The number of ether oxygens (including phenoxy) is 2. The smallest absolute Gasteiger partial charge is 0.358 e. The first kappa shape index (κ1) is 9.76. The van der Waals surface area contributed by atoms with Gasteiger partial charge in [-0.2, -0.15) is 0 Å². The van der Waals surface area contributed by atoms with Crippen LogP contribution in [0.5, 0.6) is 11.6 Å². The second kappa shape index (κ2) is 3.76. The van der Waals surface area contributed by atoms with Crippen molar-refractivity contribution in [2.75, 3.05) is 7.11 Å². The predicted octanol–water partition coefficient (Wildman–Crippen LogP) is 1.33. The quantitative estimate of drug-likeness (QED) is 0.810. The predicted molar refractivity (Wildman–Crippen MR) is 51.4 cm³/mol. The van der Waals surface area contributed by atoms with Gasteiger partial charge in [0, 0.05) is 6.07 Å². The fourth-order valence-corrected chi connectivity index (χ4v) is 1.16. The Hall–Kier alpha value is -1.78. The summed E-state index contributed by atoms with van der Waals surface area (Å²) in [5.74, 6) is -0.522. The highest BCUT2D eigenvalue weighted by molar-refractivity contribution is 5.88. The van der Waals surface area contributed by atoms with Crippen LogP contribution in [-0.2, 0) is 0 Å². The minimum Gasteiger partial charge on any atom is -0.488 e. The number of carbonyl (C=O) groups is 1. The summed E-state index contributed by atoms with van der Waals surface area (Å²) in [4.78, 5) is 14.7. The molecule has 0 aliphatic heterocycles. The zero-order valence-corrected chi connectivity index (χ0v) is 8.27. The van der Waals surface area contributed by atoms with Gasteiger partial charge < -0.3 is 14.6 Å². The van der Waals surface area contributed by atoms with Crippen LogP contribution in [0, 0.1) is 0 Å². The van der Waals surface area contributed by atoms with Crippen molar-refractivity contribution >= 4 is 5.97 Å². The zero-order valence-electron chi connectivity index (χ0n) is 8.27. The summed E-state index contributed by atoms with van der Waals surface area (Å²) < 4.78 is 10.3. The topological polar surface area (TPSA) is 68.7 Å². The van der Waals surface area contributed by atoms with Crippen molar-refractivity contribution in [3.05, 3.63) is 17.8 Å². The van der Waals surface area contributed by atoms with Crippen LogP contribution in [-0.4, -0.2) is 29.3 Å². The van der Waals surface area contributed by atoms with E-state index in [0.717, 1.165) is 12.8 Å². The van der Waals surface area contributed by atoms with Gasteiger partial charge in [-0.25, -0.2) is 9.78 Å². The number of pyridine rings is 1. The largest absolute Gasteiger partial charge is 0.488 e. The number of methoxy groups -OCH3 is 1. The normalized spacial score (nSPS) is 14.7. The van der Waals surface area contributed by atoms with E-state index < -0.39 is 5.97 Å². The Balaban J connectivity index is 2.29. The van der Waals surface area contributed by atoms with Crippen LogP contribution >= 0.6 is 0 Å². The van der Waals surface area contributed by atoms with E-state index in [1.165, 1.54) is 7.11 Å². The molecule has 0 spiro atoms. The van der Waals surface area contributed by atoms with Gasteiger partial charge in [0.05, 0.1) is 13.2 Å². The number of rotatable bonds is 4. The summed E-state index contributed by atoms with van der Waals surface area (Å²) in [5.41, 5.74) is -0.0961. The average Bonchev–Trinajstić information content (AvgIpc) is 3.02. The summed E-state index contributed by atoms with van der Waals surface area (Å²) in [5, 5.41) is 8.92. The van der Waals surface area contributed by atoms with Crippen molar-refractivity contribution < 1.29 is 19.4 Å². The van der Waals surface area contributed by atoms with Gasteiger partial charge in [0.25, 0.3) is 0 Å². The summed E-state index contributed by atoms with van der Waals surface area (Å²) in [7, 11) is 1.44. The first-order valence-electron chi connectivity index (χ1n) is 4.65. The van der Waals surface area contributed by atoms with Gasteiger partial charge in [0.2, 0.25) is 5.88 Å². The van der Waals surface area contributed by atoms with Crippen molar-refractivity contribution in [3.8, 4) is 11.6 Å². The second-order valence-corrected chi connectivity index (χ2v) is 3.32. The molecule has 1 fully saturated rings. The molecule has 15 heavy (non-hydrogen) atoms. The number of carboxylic acids is 1. The molecule has 0 bridgehead atoms. The molecule has 1 heterocycles. The molecular formula is C10H11NO4. The van der Waals surface area contributed by atoms with E-state index in [9.17, 15) is 4.79 Å². The Labute approximate surface area is 86.7 Å². The number of nitrogens with zero attached hydrogens (tertiary/aromatic N) is 1. The number of hydrogen-bond acceptors (Lipinski definition) is 4. The van der Waals surface area contributed by atoms with Crippen LogP contribution in [0.25, 0.3) is 0 Å². The number of aromatic carboxylic acids is 1. The van der Waals surface area contributed by atoms with Gasteiger partial charge in [0.1, 0.15) is 0 Å². The lowest BCUT2D eigenvalue weighted by Crippen LogP contribution is -2.07. The fourth-order valence-electron chi connectivity index (χ4n) is 1.16. The lowest BCUT2D eigenvalue weighted by molar-refractivity contribution is 0.0684. The first-order chi connectivity index (χ1) is 7.20. The third-order valence-corrected chi connectivity index (χ3v) is 2.06. The van der Waals surface area contributed by atoms with E-state index in [1.54, 1.807) is 12.1 Å². The summed E-state index contributed by atoms with van der Waals surface area (Å²) in [6.07, 6.45) is 2.11. The van der Waals surface area contributed by atoms with Gasteiger partial charge in [-0.1, -0.05) is 0 Å². The van der Waals surface area contributed by atoms with E-state index in [-0.39, 0.29) is 17.7 Å². The van der Waals surface area contributed by atoms with E-state index in [0.29, 0.717) is 5.75 Å². The highest BCUT2D eigenvalue weighted by Crippen LogP contribution is 2.29. The number of hydrogen-bond donors (Lipinski definition) is 1. The minimum absolute atomic E-state index is 0.0961. The molecule has 0 atom stereocenters. The van der Waals surface area contributed by atoms with Crippen LogP contribution in [0.2, 0.25) is 0 Å². The molecule has 1 saturated carbocycles. The van der Waals surface area contributed by atoms with Gasteiger partial charge in [-0.15, -0.1) is 0 Å². The lowest BCUT2D eigenvalue weighted by Gasteiger charge is -2.08. The van der Waals surface area contributed by atoms with Crippen LogP contribution in [0.3, 0.4) is 0 Å². The highest BCUT2D eigenvalue weighted by Gasteiger charge is 2.26. The van der Waals surface area contributed by atoms with E-state index >= 15 is 0 Å². The Bertz CT molecular complexity index is 387.